The highest BCUT2D eigenvalue weighted by Gasteiger charge is 2.26. The molecule has 3 aromatic heterocycles. The first-order valence-corrected chi connectivity index (χ1v) is 14.6. The molecule has 1 saturated heterocycles. The summed E-state index contributed by atoms with van der Waals surface area (Å²) in [4.78, 5) is 33.0. The zero-order valence-corrected chi connectivity index (χ0v) is 25.3. The molecule has 6 rings (SSSR count). The summed E-state index contributed by atoms with van der Waals surface area (Å²) in [5, 5.41) is 0. The largest absolute Gasteiger partial charge is 0.489 e. The molecule has 0 unspecified atom stereocenters. The number of nitrogens with zero attached hydrogens (tertiary/aromatic N) is 7. The van der Waals surface area contributed by atoms with Crippen LogP contribution in [-0.2, 0) is 13.2 Å². The molecule has 0 amide bonds. The second kappa shape index (κ2) is 13.0. The molecule has 0 saturated carbocycles. The average molecular weight is 583 g/mol. The molecule has 0 bridgehead atoms. The van der Waals surface area contributed by atoms with Crippen molar-refractivity contribution in [1.82, 2.24) is 34.0 Å². The lowest BCUT2D eigenvalue weighted by Crippen LogP contribution is -2.34. The number of likely N-dealkylation sites (tertiary alicyclic amines) is 1. The number of nitrogens with two attached hydrogens (primary N) is 1. The number of imidazole rings is 1. The van der Waals surface area contributed by atoms with E-state index in [0.717, 1.165) is 36.3 Å². The zero-order chi connectivity index (χ0) is 30.5. The van der Waals surface area contributed by atoms with Crippen LogP contribution >= 0.6 is 0 Å². The summed E-state index contributed by atoms with van der Waals surface area (Å²) in [6, 6.07) is 13.3. The molecule has 0 spiro atoms. The fourth-order valence-corrected chi connectivity index (χ4v) is 5.24. The molecule has 2 aromatic carbocycles. The van der Waals surface area contributed by atoms with Gasteiger partial charge in [-0.15, -0.1) is 0 Å². The normalized spacial score (nSPS) is 14.9. The third-order valence-electron chi connectivity index (χ3n) is 7.39. The molecule has 4 heterocycles. The van der Waals surface area contributed by atoms with Crippen LogP contribution in [0.1, 0.15) is 43.6 Å². The van der Waals surface area contributed by atoms with Gasteiger partial charge in [-0.2, -0.15) is 0 Å². The molecule has 11 heteroatoms. The molecule has 1 fully saturated rings. The van der Waals surface area contributed by atoms with E-state index in [1.165, 1.54) is 6.33 Å². The number of likely N-dealkylation sites (N-methyl/N-ethyl adjacent to an activating group) is 1. The van der Waals surface area contributed by atoms with E-state index in [4.69, 9.17) is 15.2 Å². The number of ether oxygens (including phenoxy) is 2. The van der Waals surface area contributed by atoms with E-state index < -0.39 is 0 Å². The van der Waals surface area contributed by atoms with Gasteiger partial charge in [0.25, 0.3) is 0 Å². The number of benzene rings is 2. The smallest absolute Gasteiger partial charge is 0.335 e. The minimum Gasteiger partial charge on any atom is -0.489 e. The highest BCUT2D eigenvalue weighted by atomic mass is 16.5. The molecule has 2 N–H and O–H groups in total. The van der Waals surface area contributed by atoms with Crippen molar-refractivity contribution in [2.24, 2.45) is 0 Å². The van der Waals surface area contributed by atoms with E-state index in [-0.39, 0.29) is 17.5 Å². The van der Waals surface area contributed by atoms with Crippen molar-refractivity contribution in [2.45, 2.75) is 59.7 Å². The van der Waals surface area contributed by atoms with Crippen LogP contribution in [-0.4, -0.2) is 53.6 Å². The van der Waals surface area contributed by atoms with Gasteiger partial charge in [-0.1, -0.05) is 13.8 Å². The Bertz CT molecular complexity index is 1750. The van der Waals surface area contributed by atoms with Crippen molar-refractivity contribution >= 4 is 17.0 Å². The monoisotopic (exact) mass is 582 g/mol. The first-order valence-electron chi connectivity index (χ1n) is 14.6. The maximum atomic E-state index is 13.7. The number of anilines is 1. The van der Waals surface area contributed by atoms with E-state index in [9.17, 15) is 4.79 Å². The number of hydrogen-bond donors (Lipinski definition) is 1. The standard InChI is InChI=1S/C30H32N8O3.C2H6/c1-19-11-25(40-17-21-14-32-20(2)33-15-21)13-26(12-19)41-24-8-6-22(7-9-24)38-27-28(31)34-18-35-29(27)37(30(38)39)16-23-5-4-10-36(23)3;1-2/h6-9,11-15,18,23H,4-5,10,16-17H2,1-3H3,(H2,31,34,35);1-2H3/t23-;/m1./s1. The Labute approximate surface area is 251 Å². The molecule has 1 aliphatic heterocycles. The number of aryl methyl sites for hydroxylation is 2. The Balaban J connectivity index is 0.00000180. The Morgan fingerprint density at radius 1 is 0.953 bits per heavy atom. The van der Waals surface area contributed by atoms with Crippen molar-refractivity contribution in [3.8, 4) is 22.9 Å². The first kappa shape index (κ1) is 29.7. The molecule has 11 nitrogen and oxygen atoms in total. The summed E-state index contributed by atoms with van der Waals surface area (Å²) in [7, 11) is 2.09. The minimum absolute atomic E-state index is 0.194. The molecule has 0 radical (unpaired) electrons. The fraction of sp³-hybridized carbons (Fsp3) is 0.344. The summed E-state index contributed by atoms with van der Waals surface area (Å²) in [5.74, 6) is 2.91. The maximum absolute atomic E-state index is 13.7. The Morgan fingerprint density at radius 3 is 2.37 bits per heavy atom. The summed E-state index contributed by atoms with van der Waals surface area (Å²) < 4.78 is 15.4. The summed E-state index contributed by atoms with van der Waals surface area (Å²) in [5.41, 5.74) is 9.64. The molecule has 1 aliphatic rings. The van der Waals surface area contributed by atoms with E-state index >= 15 is 0 Å². The van der Waals surface area contributed by atoms with E-state index in [1.807, 2.05) is 70.2 Å². The number of nitrogen functional groups attached to an aromatic ring is 1. The predicted octanol–water partition coefficient (Wildman–Crippen LogP) is 5.06. The Kier molecular flexibility index (Phi) is 9.01. The number of fused-ring (bicyclic) bond motifs is 1. The van der Waals surface area contributed by atoms with Crippen LogP contribution in [0.25, 0.3) is 16.9 Å². The zero-order valence-electron chi connectivity index (χ0n) is 25.3. The van der Waals surface area contributed by atoms with E-state index in [0.29, 0.717) is 47.3 Å². The lowest BCUT2D eigenvalue weighted by molar-refractivity contribution is 0.281. The molecule has 1 atom stereocenters. The predicted molar refractivity (Wildman–Crippen MR) is 167 cm³/mol. The van der Waals surface area contributed by atoms with Crippen molar-refractivity contribution < 1.29 is 9.47 Å². The Hall–Kier alpha value is -4.77. The Morgan fingerprint density at radius 2 is 1.67 bits per heavy atom. The molecule has 5 aromatic rings. The second-order valence-electron chi connectivity index (χ2n) is 10.4. The van der Waals surface area contributed by atoms with Crippen LogP contribution in [0.2, 0.25) is 0 Å². The van der Waals surface area contributed by atoms with Gasteiger partial charge in [-0.25, -0.2) is 24.7 Å². The summed E-state index contributed by atoms with van der Waals surface area (Å²) in [6.45, 7) is 9.75. The average Bonchev–Trinajstić information content (AvgIpc) is 3.54. The molecular formula is C32H38N8O3. The van der Waals surface area contributed by atoms with Gasteiger partial charge in [0.05, 0.1) is 5.69 Å². The van der Waals surface area contributed by atoms with Gasteiger partial charge in [0.15, 0.2) is 11.5 Å². The minimum atomic E-state index is -0.194. The van der Waals surface area contributed by atoms with E-state index in [2.05, 4.69) is 31.9 Å². The van der Waals surface area contributed by atoms with Gasteiger partial charge in [-0.3, -0.25) is 9.13 Å². The van der Waals surface area contributed by atoms with Crippen LogP contribution in [0, 0.1) is 13.8 Å². The first-order chi connectivity index (χ1) is 20.9. The van der Waals surface area contributed by atoms with Gasteiger partial charge >= 0.3 is 5.69 Å². The topological polar surface area (TPSA) is 126 Å². The number of aromatic nitrogens is 6. The van der Waals surface area contributed by atoms with Crippen LogP contribution < -0.4 is 20.9 Å². The maximum Gasteiger partial charge on any atom is 0.335 e. The van der Waals surface area contributed by atoms with Gasteiger partial charge in [-0.05, 0) is 82.2 Å². The molecule has 43 heavy (non-hydrogen) atoms. The summed E-state index contributed by atoms with van der Waals surface area (Å²) in [6.07, 6.45) is 7.07. The third kappa shape index (κ3) is 6.51. The van der Waals surface area contributed by atoms with Crippen LogP contribution in [0.3, 0.4) is 0 Å². The van der Waals surface area contributed by atoms with Crippen LogP contribution in [0.5, 0.6) is 17.2 Å². The lowest BCUT2D eigenvalue weighted by atomic mass is 10.2. The van der Waals surface area contributed by atoms with Gasteiger partial charge in [0.1, 0.15) is 41.5 Å². The number of rotatable bonds is 8. The van der Waals surface area contributed by atoms with E-state index in [1.54, 1.807) is 21.5 Å². The third-order valence-corrected chi connectivity index (χ3v) is 7.39. The van der Waals surface area contributed by atoms with Crippen LogP contribution in [0.4, 0.5) is 5.82 Å². The van der Waals surface area contributed by atoms with Gasteiger partial charge in [0.2, 0.25) is 0 Å². The fourth-order valence-electron chi connectivity index (χ4n) is 5.24. The van der Waals surface area contributed by atoms with Crippen molar-refractivity contribution in [3.63, 3.8) is 0 Å². The molecule has 0 aliphatic carbocycles. The van der Waals surface area contributed by atoms with Gasteiger partial charge < -0.3 is 20.1 Å². The second-order valence-corrected chi connectivity index (χ2v) is 10.4. The highest BCUT2D eigenvalue weighted by Crippen LogP contribution is 2.29. The SMILES string of the molecule is CC.Cc1cc(OCc2cnc(C)nc2)cc(Oc2ccc(-n3c(=O)n(C[C@H]4CCCN4C)c4ncnc(N)c43)cc2)c1. The van der Waals surface area contributed by atoms with Crippen LogP contribution in [0.15, 0.2) is 66.0 Å². The molecular weight excluding hydrogens is 544 g/mol. The van der Waals surface area contributed by atoms with Crippen molar-refractivity contribution in [3.05, 3.63) is 88.6 Å². The van der Waals surface area contributed by atoms with Gasteiger partial charge in [0, 0.05) is 36.6 Å². The quantitative estimate of drug-likeness (QED) is 0.267. The van der Waals surface area contributed by atoms with Crippen molar-refractivity contribution in [1.29, 1.82) is 0 Å². The van der Waals surface area contributed by atoms with Crippen molar-refractivity contribution in [2.75, 3.05) is 19.3 Å². The molecule has 224 valence electrons. The highest BCUT2D eigenvalue weighted by molar-refractivity contribution is 5.84. The number of hydrogen-bond acceptors (Lipinski definition) is 9. The summed E-state index contributed by atoms with van der Waals surface area (Å²) >= 11 is 0. The lowest BCUT2D eigenvalue weighted by Gasteiger charge is -2.19.